The second-order valence-electron chi connectivity index (χ2n) is 7.97. The molecule has 1 heterocycles. The highest BCUT2D eigenvalue weighted by Gasteiger charge is 2.11. The second-order valence-corrected chi connectivity index (χ2v) is 9.26. The Morgan fingerprint density at radius 1 is 0.971 bits per heavy atom. The fourth-order valence-corrected chi connectivity index (χ4v) is 4.37. The first-order valence-electron chi connectivity index (χ1n) is 11.7. The summed E-state index contributed by atoms with van der Waals surface area (Å²) in [5, 5.41) is 20.8. The number of benzene rings is 2. The lowest BCUT2D eigenvalue weighted by molar-refractivity contribution is 0.234. The number of rotatable bonds is 14. The number of ether oxygens (including phenoxy) is 2. The average Bonchev–Trinajstić information content (AvgIpc) is 3.24. The summed E-state index contributed by atoms with van der Waals surface area (Å²) in [7, 11) is 0. The first kappa shape index (κ1) is 25.7. The third-order valence-corrected chi connectivity index (χ3v) is 6.20. The first-order chi connectivity index (χ1) is 16.6. The van der Waals surface area contributed by atoms with Crippen molar-refractivity contribution in [2.24, 2.45) is 0 Å². The van der Waals surface area contributed by atoms with Gasteiger partial charge in [0.05, 0.1) is 23.9 Å². The summed E-state index contributed by atoms with van der Waals surface area (Å²) < 4.78 is 11.6. The minimum absolute atomic E-state index is 0.0381. The molecule has 0 bridgehead atoms. The molecule has 0 unspecified atom stereocenters. The highest BCUT2D eigenvalue weighted by Crippen LogP contribution is 2.29. The van der Waals surface area contributed by atoms with Crippen LogP contribution in [-0.2, 0) is 6.54 Å². The standard InChI is InChI=1S/C26H34N4O3S/c1-3-15-28-18-24-25(29-19(2)34-24)20-7-11-22(12-8-20)32-16-5-4-6-17-33-23-13-9-21(10-14-23)26(27)30-31/h7-14,28,31H,3-6,15-18H2,1-2H3,(H2,27,30). The topological polar surface area (TPSA) is 99.5 Å². The van der Waals surface area contributed by atoms with Gasteiger partial charge >= 0.3 is 0 Å². The molecule has 0 aliphatic rings. The molecule has 0 saturated heterocycles. The number of amidine groups is 1. The van der Waals surface area contributed by atoms with Gasteiger partial charge in [0.15, 0.2) is 0 Å². The smallest absolute Gasteiger partial charge is 0.149 e. The molecule has 34 heavy (non-hydrogen) atoms. The molecule has 0 spiro atoms. The van der Waals surface area contributed by atoms with Gasteiger partial charge in [-0.05, 0) is 87.7 Å². The highest BCUT2D eigenvalue weighted by molar-refractivity contribution is 7.12. The van der Waals surface area contributed by atoms with Crippen LogP contribution in [0.15, 0.2) is 48.5 Å². The number of hydrogen-bond acceptors (Lipinski definition) is 7. The summed E-state index contributed by atoms with van der Waals surface area (Å²) >= 11 is 1.75. The van der Waals surface area contributed by atoms with E-state index in [0.717, 1.165) is 66.5 Å². The SMILES string of the molecule is CCCNCc1sc(C)nc1-c1ccc(OCCCCCOc2ccc(C(=N)NO)cc2)cc1. The van der Waals surface area contributed by atoms with Crippen LogP contribution < -0.4 is 20.3 Å². The van der Waals surface area contributed by atoms with Gasteiger partial charge < -0.3 is 14.8 Å². The Bertz CT molecular complexity index is 1020. The van der Waals surface area contributed by atoms with Crippen LogP contribution in [0.5, 0.6) is 11.5 Å². The van der Waals surface area contributed by atoms with Crippen molar-refractivity contribution in [3.05, 3.63) is 64.0 Å². The average molecular weight is 483 g/mol. The monoisotopic (exact) mass is 482 g/mol. The lowest BCUT2D eigenvalue weighted by Gasteiger charge is -2.09. The maximum Gasteiger partial charge on any atom is 0.149 e. The van der Waals surface area contributed by atoms with Gasteiger partial charge in [0.25, 0.3) is 0 Å². The van der Waals surface area contributed by atoms with Crippen molar-refractivity contribution in [2.45, 2.75) is 46.1 Å². The molecule has 4 N–H and O–H groups in total. The number of nitrogens with zero attached hydrogens (tertiary/aromatic N) is 1. The van der Waals surface area contributed by atoms with Gasteiger partial charge in [-0.1, -0.05) is 6.92 Å². The zero-order valence-electron chi connectivity index (χ0n) is 19.9. The lowest BCUT2D eigenvalue weighted by atomic mass is 10.1. The number of hydroxylamine groups is 1. The zero-order chi connectivity index (χ0) is 24.2. The van der Waals surface area contributed by atoms with Crippen LogP contribution in [0.25, 0.3) is 11.3 Å². The predicted molar refractivity (Wildman–Crippen MR) is 137 cm³/mol. The van der Waals surface area contributed by atoms with E-state index in [9.17, 15) is 0 Å². The Labute approximate surface area is 205 Å². The number of unbranched alkanes of at least 4 members (excludes halogenated alkanes) is 2. The van der Waals surface area contributed by atoms with Crippen LogP contribution >= 0.6 is 11.3 Å². The summed E-state index contributed by atoms with van der Waals surface area (Å²) in [4.78, 5) is 6.01. The molecule has 1 aromatic heterocycles. The number of aromatic nitrogens is 1. The van der Waals surface area contributed by atoms with E-state index in [4.69, 9.17) is 25.1 Å². The summed E-state index contributed by atoms with van der Waals surface area (Å²) in [5.74, 6) is 1.59. The van der Waals surface area contributed by atoms with Crippen LogP contribution in [-0.4, -0.2) is 35.8 Å². The molecule has 0 amide bonds. The molecule has 0 radical (unpaired) electrons. The third kappa shape index (κ3) is 7.83. The molecule has 182 valence electrons. The fourth-order valence-electron chi connectivity index (χ4n) is 3.45. The fraction of sp³-hybridized carbons (Fsp3) is 0.385. The number of aryl methyl sites for hydroxylation is 1. The largest absolute Gasteiger partial charge is 0.494 e. The van der Waals surface area contributed by atoms with E-state index in [1.165, 1.54) is 4.88 Å². The molecule has 0 aliphatic carbocycles. The van der Waals surface area contributed by atoms with Gasteiger partial charge in [-0.25, -0.2) is 4.98 Å². The summed E-state index contributed by atoms with van der Waals surface area (Å²) in [6.45, 7) is 7.40. The van der Waals surface area contributed by atoms with Crippen molar-refractivity contribution in [3.63, 3.8) is 0 Å². The molecule has 2 aromatic carbocycles. The van der Waals surface area contributed by atoms with Crippen LogP contribution in [0.2, 0.25) is 0 Å². The third-order valence-electron chi connectivity index (χ3n) is 5.23. The normalized spacial score (nSPS) is 10.8. The van der Waals surface area contributed by atoms with E-state index in [-0.39, 0.29) is 5.84 Å². The minimum atomic E-state index is -0.0381. The minimum Gasteiger partial charge on any atom is -0.494 e. The van der Waals surface area contributed by atoms with Gasteiger partial charge in [-0.15, -0.1) is 11.3 Å². The molecule has 0 atom stereocenters. The molecule has 8 heteroatoms. The Morgan fingerprint density at radius 2 is 1.59 bits per heavy atom. The van der Waals surface area contributed by atoms with Crippen molar-refractivity contribution in [1.29, 1.82) is 5.41 Å². The van der Waals surface area contributed by atoms with Crippen molar-refractivity contribution in [2.75, 3.05) is 19.8 Å². The van der Waals surface area contributed by atoms with Gasteiger partial charge in [0.2, 0.25) is 0 Å². The van der Waals surface area contributed by atoms with E-state index in [1.54, 1.807) is 35.6 Å². The first-order valence-corrected chi connectivity index (χ1v) is 12.5. The molecule has 0 aliphatic heterocycles. The second kappa shape index (κ2) is 13.7. The Kier molecular flexibility index (Phi) is 10.3. The lowest BCUT2D eigenvalue weighted by Crippen LogP contribution is -2.18. The van der Waals surface area contributed by atoms with E-state index in [2.05, 4.69) is 31.3 Å². The zero-order valence-corrected chi connectivity index (χ0v) is 20.7. The molecule has 0 fully saturated rings. The van der Waals surface area contributed by atoms with Gasteiger partial charge in [0, 0.05) is 22.5 Å². The molecular formula is C26H34N4O3S. The Hall–Kier alpha value is -2.94. The van der Waals surface area contributed by atoms with Gasteiger partial charge in [0.1, 0.15) is 17.3 Å². The highest BCUT2D eigenvalue weighted by atomic mass is 32.1. The van der Waals surface area contributed by atoms with Crippen molar-refractivity contribution in [1.82, 2.24) is 15.8 Å². The molecule has 3 aromatic rings. The maximum absolute atomic E-state index is 8.76. The van der Waals surface area contributed by atoms with Crippen molar-refractivity contribution >= 4 is 17.2 Å². The summed E-state index contributed by atoms with van der Waals surface area (Å²) in [6, 6.07) is 15.3. The summed E-state index contributed by atoms with van der Waals surface area (Å²) in [6.07, 6.45) is 4.04. The molecule has 3 rings (SSSR count). The number of nitrogens with one attached hydrogen (secondary N) is 3. The van der Waals surface area contributed by atoms with Crippen molar-refractivity contribution in [3.8, 4) is 22.8 Å². The van der Waals surface area contributed by atoms with Crippen LogP contribution in [0.1, 0.15) is 48.1 Å². The predicted octanol–water partition coefficient (Wildman–Crippen LogP) is 5.55. The van der Waals surface area contributed by atoms with Crippen LogP contribution in [0.4, 0.5) is 0 Å². The van der Waals surface area contributed by atoms with Gasteiger partial charge in [-0.2, -0.15) is 0 Å². The summed E-state index contributed by atoms with van der Waals surface area (Å²) in [5.41, 5.74) is 4.62. The van der Waals surface area contributed by atoms with Crippen LogP contribution in [0, 0.1) is 12.3 Å². The quantitative estimate of drug-likeness (QED) is 0.104. The van der Waals surface area contributed by atoms with E-state index in [0.29, 0.717) is 18.8 Å². The number of hydrogen-bond donors (Lipinski definition) is 4. The molecule has 7 nitrogen and oxygen atoms in total. The Balaban J connectivity index is 1.35. The molecular weight excluding hydrogens is 448 g/mol. The number of thiazole rings is 1. The van der Waals surface area contributed by atoms with Crippen molar-refractivity contribution < 1.29 is 14.7 Å². The maximum atomic E-state index is 8.76. The van der Waals surface area contributed by atoms with E-state index < -0.39 is 0 Å². The van der Waals surface area contributed by atoms with Gasteiger partial charge in [-0.3, -0.25) is 16.1 Å². The van der Waals surface area contributed by atoms with Crippen LogP contribution in [0.3, 0.4) is 0 Å². The van der Waals surface area contributed by atoms with E-state index >= 15 is 0 Å². The Morgan fingerprint density at radius 3 is 2.18 bits per heavy atom. The molecule has 0 saturated carbocycles. The van der Waals surface area contributed by atoms with E-state index in [1.807, 2.05) is 17.6 Å².